The van der Waals surface area contributed by atoms with Crippen LogP contribution in [0.15, 0.2) is 47.4 Å². The molecule has 4 nitrogen and oxygen atoms in total. The Bertz CT molecular complexity index is 1010. The van der Waals surface area contributed by atoms with Gasteiger partial charge < -0.3 is 4.90 Å². The number of likely N-dealkylation sites (N-methyl/N-ethyl adjacent to an activating group) is 1. The summed E-state index contributed by atoms with van der Waals surface area (Å²) in [5, 5.41) is 0. The Morgan fingerprint density at radius 2 is 1.67 bits per heavy atom. The van der Waals surface area contributed by atoms with Crippen molar-refractivity contribution >= 4 is 21.4 Å². The van der Waals surface area contributed by atoms with Crippen molar-refractivity contribution in [3.8, 4) is 0 Å². The van der Waals surface area contributed by atoms with Gasteiger partial charge in [-0.3, -0.25) is 4.79 Å². The average Bonchev–Trinajstić information content (AvgIpc) is 2.75. The number of nitrogens with zero attached hydrogens (tertiary/aromatic N) is 1. The maximum Gasteiger partial charge on any atom is 0.416 e. The Hall–Kier alpha value is -2.35. The molecule has 27 heavy (non-hydrogen) atoms. The third-order valence-corrected chi connectivity index (χ3v) is 6.86. The first kappa shape index (κ1) is 19.4. The van der Waals surface area contributed by atoms with E-state index >= 15 is 0 Å². The second kappa shape index (κ2) is 6.09. The number of amides is 1. The summed E-state index contributed by atoms with van der Waals surface area (Å²) in [5.41, 5.74) is -1.29. The Kier molecular flexibility index (Phi) is 4.38. The van der Waals surface area contributed by atoms with Gasteiger partial charge in [-0.1, -0.05) is 17.7 Å². The van der Waals surface area contributed by atoms with E-state index in [1.54, 1.807) is 12.1 Å². The highest BCUT2D eigenvalue weighted by Gasteiger charge is 2.50. The normalized spacial score (nSPS) is 20.1. The van der Waals surface area contributed by atoms with Gasteiger partial charge in [-0.05, 0) is 49.7 Å². The molecule has 0 N–H and O–H groups in total. The third-order valence-electron chi connectivity index (χ3n) is 4.92. The molecule has 0 fully saturated rings. The minimum absolute atomic E-state index is 0.0326. The van der Waals surface area contributed by atoms with E-state index in [-0.39, 0.29) is 16.1 Å². The number of rotatable bonds is 3. The minimum atomic E-state index is -4.59. The van der Waals surface area contributed by atoms with Gasteiger partial charge in [-0.2, -0.15) is 13.2 Å². The molecule has 2 aromatic rings. The van der Waals surface area contributed by atoms with E-state index in [1.165, 1.54) is 37.1 Å². The zero-order valence-corrected chi connectivity index (χ0v) is 15.8. The molecular weight excluding hydrogens is 379 g/mol. The van der Waals surface area contributed by atoms with Gasteiger partial charge in [0.1, 0.15) is 0 Å². The van der Waals surface area contributed by atoms with Crippen LogP contribution in [-0.4, -0.2) is 27.1 Å². The lowest BCUT2D eigenvalue weighted by molar-refractivity contribution is -0.137. The summed E-state index contributed by atoms with van der Waals surface area (Å²) in [5.74, 6) is -1.16. The summed E-state index contributed by atoms with van der Waals surface area (Å²) >= 11 is 0. The van der Waals surface area contributed by atoms with Crippen LogP contribution in [-0.2, 0) is 26.2 Å². The second-order valence-electron chi connectivity index (χ2n) is 7.00. The van der Waals surface area contributed by atoms with Crippen molar-refractivity contribution < 1.29 is 26.4 Å². The Labute approximate surface area is 155 Å². The van der Waals surface area contributed by atoms with Crippen LogP contribution in [0.2, 0.25) is 0 Å². The number of anilines is 1. The smallest absolute Gasteiger partial charge is 0.314 e. The second-order valence-corrected chi connectivity index (χ2v) is 8.99. The van der Waals surface area contributed by atoms with Crippen molar-refractivity contribution in [1.82, 2.24) is 0 Å². The maximum absolute atomic E-state index is 13.1. The number of halogens is 3. The summed E-state index contributed by atoms with van der Waals surface area (Å²) in [6.45, 7) is 3.19. The van der Waals surface area contributed by atoms with Crippen LogP contribution >= 0.6 is 0 Å². The molecule has 3 rings (SSSR count). The highest BCUT2D eigenvalue weighted by atomic mass is 32.2. The molecule has 1 amide bonds. The number of sulfone groups is 1. The van der Waals surface area contributed by atoms with Gasteiger partial charge in [0.05, 0.1) is 21.6 Å². The van der Waals surface area contributed by atoms with E-state index in [2.05, 4.69) is 0 Å². The largest absolute Gasteiger partial charge is 0.416 e. The Balaban J connectivity index is 2.10. The van der Waals surface area contributed by atoms with Crippen LogP contribution in [0.4, 0.5) is 18.9 Å². The lowest BCUT2D eigenvalue weighted by Crippen LogP contribution is -2.41. The molecule has 1 atom stereocenters. The molecule has 0 spiro atoms. The molecular formula is C19H18F3NO3S. The lowest BCUT2D eigenvalue weighted by atomic mass is 9.85. The molecule has 2 aromatic carbocycles. The number of carbonyl (C=O) groups is 1. The van der Waals surface area contributed by atoms with Gasteiger partial charge in [0, 0.05) is 12.7 Å². The van der Waals surface area contributed by atoms with E-state index in [1.807, 2.05) is 6.92 Å². The molecule has 1 unspecified atom stereocenters. The Morgan fingerprint density at radius 1 is 1.07 bits per heavy atom. The number of benzene rings is 2. The molecule has 144 valence electrons. The summed E-state index contributed by atoms with van der Waals surface area (Å²) in [4.78, 5) is 14.0. The minimum Gasteiger partial charge on any atom is -0.314 e. The Morgan fingerprint density at radius 3 is 2.22 bits per heavy atom. The van der Waals surface area contributed by atoms with Crippen LogP contribution in [0.1, 0.15) is 23.6 Å². The highest BCUT2D eigenvalue weighted by Crippen LogP contribution is 2.45. The van der Waals surface area contributed by atoms with Gasteiger partial charge >= 0.3 is 6.18 Å². The molecule has 8 heteroatoms. The van der Waals surface area contributed by atoms with Gasteiger partial charge in [-0.25, -0.2) is 8.42 Å². The first-order chi connectivity index (χ1) is 12.4. The molecule has 0 aromatic heterocycles. The van der Waals surface area contributed by atoms with E-state index in [0.29, 0.717) is 0 Å². The fourth-order valence-corrected chi connectivity index (χ4v) is 5.15. The summed E-state index contributed by atoms with van der Waals surface area (Å²) < 4.78 is 65.1. The van der Waals surface area contributed by atoms with Crippen molar-refractivity contribution in [3.05, 3.63) is 59.2 Å². The number of aryl methyl sites for hydroxylation is 1. The third kappa shape index (κ3) is 3.22. The van der Waals surface area contributed by atoms with E-state index in [0.717, 1.165) is 17.7 Å². The zero-order chi connectivity index (χ0) is 20.2. The van der Waals surface area contributed by atoms with Gasteiger partial charge in [0.2, 0.25) is 5.91 Å². The highest BCUT2D eigenvalue weighted by molar-refractivity contribution is 7.91. The SMILES string of the molecule is Cc1ccc(S(=O)(=O)CC2(C)C(=O)N(C)c3ccc(C(F)(F)F)cc32)cc1. The van der Waals surface area contributed by atoms with Crippen LogP contribution < -0.4 is 4.90 Å². The molecule has 1 aliphatic rings. The number of carbonyl (C=O) groups excluding carboxylic acids is 1. The van der Waals surface area contributed by atoms with Crippen molar-refractivity contribution in [2.45, 2.75) is 30.3 Å². The van der Waals surface area contributed by atoms with Crippen molar-refractivity contribution in [1.29, 1.82) is 0 Å². The molecule has 0 saturated heterocycles. The number of hydrogen-bond donors (Lipinski definition) is 0. The first-order valence-electron chi connectivity index (χ1n) is 8.15. The molecule has 0 bridgehead atoms. The standard InChI is InChI=1S/C19H18F3NO3S/c1-12-4-7-14(8-5-12)27(25,26)11-18(2)15-10-13(19(20,21)22)6-9-16(15)23(3)17(18)24/h4-10H,11H2,1-3H3. The number of alkyl halides is 3. The summed E-state index contributed by atoms with van der Waals surface area (Å²) in [6, 6.07) is 9.11. The monoisotopic (exact) mass is 397 g/mol. The van der Waals surface area contributed by atoms with Crippen LogP contribution in [0.5, 0.6) is 0 Å². The topological polar surface area (TPSA) is 54.5 Å². The lowest BCUT2D eigenvalue weighted by Gasteiger charge is -2.23. The fraction of sp³-hybridized carbons (Fsp3) is 0.316. The van der Waals surface area contributed by atoms with E-state index in [4.69, 9.17) is 0 Å². The van der Waals surface area contributed by atoms with Crippen molar-refractivity contribution in [2.75, 3.05) is 17.7 Å². The maximum atomic E-state index is 13.1. The van der Waals surface area contributed by atoms with E-state index in [9.17, 15) is 26.4 Å². The number of fused-ring (bicyclic) bond motifs is 1. The molecule has 1 aliphatic heterocycles. The van der Waals surface area contributed by atoms with E-state index < -0.39 is 38.7 Å². The average molecular weight is 397 g/mol. The summed E-state index contributed by atoms with van der Waals surface area (Å²) in [7, 11) is -2.47. The van der Waals surface area contributed by atoms with Crippen LogP contribution in [0.25, 0.3) is 0 Å². The van der Waals surface area contributed by atoms with Gasteiger partial charge in [-0.15, -0.1) is 0 Å². The first-order valence-corrected chi connectivity index (χ1v) is 9.81. The van der Waals surface area contributed by atoms with Crippen molar-refractivity contribution in [2.24, 2.45) is 0 Å². The zero-order valence-electron chi connectivity index (χ0n) is 15.0. The molecule has 1 heterocycles. The molecule has 0 radical (unpaired) electrons. The molecule has 0 aliphatic carbocycles. The van der Waals surface area contributed by atoms with Crippen LogP contribution in [0.3, 0.4) is 0 Å². The van der Waals surface area contributed by atoms with Crippen molar-refractivity contribution in [3.63, 3.8) is 0 Å². The quantitative estimate of drug-likeness (QED) is 0.793. The molecule has 0 saturated carbocycles. The van der Waals surface area contributed by atoms with Crippen LogP contribution in [0, 0.1) is 6.92 Å². The van der Waals surface area contributed by atoms with Gasteiger partial charge in [0.15, 0.2) is 9.84 Å². The predicted molar refractivity (Wildman–Crippen MR) is 95.4 cm³/mol. The van der Waals surface area contributed by atoms with Gasteiger partial charge in [0.25, 0.3) is 0 Å². The number of hydrogen-bond acceptors (Lipinski definition) is 3. The predicted octanol–water partition coefficient (Wildman–Crippen LogP) is 3.72. The fourth-order valence-electron chi connectivity index (χ4n) is 3.39. The summed E-state index contributed by atoms with van der Waals surface area (Å²) in [6.07, 6.45) is -4.59.